The van der Waals surface area contributed by atoms with Crippen molar-refractivity contribution in [3.8, 4) is 0 Å². The quantitative estimate of drug-likeness (QED) is 0.774. The average Bonchev–Trinajstić information content (AvgIpc) is 2.65. The van der Waals surface area contributed by atoms with Crippen LogP contribution in [0.15, 0.2) is 6.20 Å². The third-order valence-corrected chi connectivity index (χ3v) is 4.59. The number of hydrogen-bond donors (Lipinski definition) is 1. The molecule has 5 nitrogen and oxygen atoms in total. The van der Waals surface area contributed by atoms with E-state index in [1.807, 2.05) is 13.1 Å². The SMILES string of the molecule is CCS(=O)(=O)CCn1ncc(CCCN)c1C. The van der Waals surface area contributed by atoms with E-state index in [1.165, 1.54) is 0 Å². The van der Waals surface area contributed by atoms with Gasteiger partial charge in [-0.15, -0.1) is 0 Å². The van der Waals surface area contributed by atoms with E-state index in [9.17, 15) is 8.42 Å². The van der Waals surface area contributed by atoms with Gasteiger partial charge in [0.05, 0.1) is 18.5 Å². The molecule has 0 spiro atoms. The molecular formula is C11H21N3O2S. The Morgan fingerprint density at radius 2 is 2.18 bits per heavy atom. The Morgan fingerprint density at radius 3 is 2.76 bits per heavy atom. The fraction of sp³-hybridized carbons (Fsp3) is 0.727. The third kappa shape index (κ3) is 4.12. The second-order valence-corrected chi connectivity index (χ2v) is 6.58. The van der Waals surface area contributed by atoms with Crippen LogP contribution in [0.4, 0.5) is 0 Å². The molecule has 0 saturated heterocycles. The van der Waals surface area contributed by atoms with Crippen LogP contribution in [0.2, 0.25) is 0 Å². The molecule has 0 saturated carbocycles. The van der Waals surface area contributed by atoms with Crippen molar-refractivity contribution in [2.45, 2.75) is 33.2 Å². The van der Waals surface area contributed by atoms with Gasteiger partial charge in [-0.2, -0.15) is 5.10 Å². The van der Waals surface area contributed by atoms with Gasteiger partial charge >= 0.3 is 0 Å². The van der Waals surface area contributed by atoms with E-state index in [-0.39, 0.29) is 11.5 Å². The van der Waals surface area contributed by atoms with E-state index >= 15 is 0 Å². The fourth-order valence-electron chi connectivity index (χ4n) is 1.62. The lowest BCUT2D eigenvalue weighted by Crippen LogP contribution is -2.16. The second kappa shape index (κ2) is 6.16. The van der Waals surface area contributed by atoms with Crippen LogP contribution in [0, 0.1) is 6.92 Å². The molecule has 0 radical (unpaired) electrons. The molecule has 0 unspecified atom stereocenters. The van der Waals surface area contributed by atoms with Crippen LogP contribution in [-0.4, -0.2) is 36.2 Å². The number of hydrogen-bond acceptors (Lipinski definition) is 4. The van der Waals surface area contributed by atoms with Crippen molar-refractivity contribution in [3.05, 3.63) is 17.5 Å². The van der Waals surface area contributed by atoms with Crippen molar-refractivity contribution >= 4 is 9.84 Å². The van der Waals surface area contributed by atoms with E-state index in [2.05, 4.69) is 5.10 Å². The van der Waals surface area contributed by atoms with Crippen molar-refractivity contribution in [2.24, 2.45) is 5.73 Å². The predicted molar refractivity (Wildman–Crippen MR) is 68.7 cm³/mol. The molecule has 17 heavy (non-hydrogen) atoms. The first-order chi connectivity index (χ1) is 8.00. The van der Waals surface area contributed by atoms with Crippen LogP contribution in [-0.2, 0) is 22.8 Å². The zero-order valence-corrected chi connectivity index (χ0v) is 11.3. The topological polar surface area (TPSA) is 78.0 Å². The molecule has 1 rings (SSSR count). The Labute approximate surface area is 103 Å². The summed E-state index contributed by atoms with van der Waals surface area (Å²) in [4.78, 5) is 0. The Bertz CT molecular complexity index is 451. The summed E-state index contributed by atoms with van der Waals surface area (Å²) in [5, 5.41) is 4.22. The van der Waals surface area contributed by atoms with E-state index in [4.69, 9.17) is 5.73 Å². The minimum Gasteiger partial charge on any atom is -0.330 e. The number of rotatable bonds is 7. The number of sulfone groups is 1. The molecule has 0 aliphatic carbocycles. The first-order valence-electron chi connectivity index (χ1n) is 5.92. The van der Waals surface area contributed by atoms with Crippen molar-refractivity contribution in [3.63, 3.8) is 0 Å². The Kier molecular flexibility index (Phi) is 5.14. The summed E-state index contributed by atoms with van der Waals surface area (Å²) in [5.74, 6) is 0.343. The van der Waals surface area contributed by atoms with Gasteiger partial charge in [0.1, 0.15) is 0 Å². The largest absolute Gasteiger partial charge is 0.330 e. The molecule has 0 aliphatic rings. The summed E-state index contributed by atoms with van der Waals surface area (Å²) in [6.45, 7) is 4.73. The van der Waals surface area contributed by atoms with Crippen LogP contribution >= 0.6 is 0 Å². The molecular weight excluding hydrogens is 238 g/mol. The molecule has 0 bridgehead atoms. The average molecular weight is 259 g/mol. The van der Waals surface area contributed by atoms with Gasteiger partial charge in [0, 0.05) is 11.4 Å². The Morgan fingerprint density at radius 1 is 1.47 bits per heavy atom. The highest BCUT2D eigenvalue weighted by Gasteiger charge is 2.10. The van der Waals surface area contributed by atoms with Gasteiger partial charge in [-0.3, -0.25) is 4.68 Å². The number of nitrogens with zero attached hydrogens (tertiary/aromatic N) is 2. The fourth-order valence-corrected chi connectivity index (χ4v) is 2.36. The minimum absolute atomic E-state index is 0.155. The van der Waals surface area contributed by atoms with Crippen molar-refractivity contribution in [1.82, 2.24) is 9.78 Å². The summed E-state index contributed by atoms with van der Waals surface area (Å²) in [7, 11) is -2.92. The summed E-state index contributed by atoms with van der Waals surface area (Å²) < 4.78 is 24.6. The van der Waals surface area contributed by atoms with Gasteiger partial charge in [0.2, 0.25) is 0 Å². The van der Waals surface area contributed by atoms with Crippen LogP contribution in [0.25, 0.3) is 0 Å². The molecule has 98 valence electrons. The summed E-state index contributed by atoms with van der Waals surface area (Å²) in [5.41, 5.74) is 7.66. The molecule has 1 aromatic rings. The zero-order chi connectivity index (χ0) is 12.9. The summed E-state index contributed by atoms with van der Waals surface area (Å²) in [6, 6.07) is 0. The minimum atomic E-state index is -2.92. The molecule has 0 atom stereocenters. The maximum absolute atomic E-state index is 11.4. The number of nitrogens with two attached hydrogens (primary N) is 1. The number of aromatic nitrogens is 2. The smallest absolute Gasteiger partial charge is 0.151 e. The lowest BCUT2D eigenvalue weighted by molar-refractivity contribution is 0.578. The van der Waals surface area contributed by atoms with Gasteiger partial charge < -0.3 is 5.73 Å². The van der Waals surface area contributed by atoms with Crippen molar-refractivity contribution in [1.29, 1.82) is 0 Å². The Hall–Kier alpha value is -0.880. The molecule has 2 N–H and O–H groups in total. The van der Waals surface area contributed by atoms with Gasteiger partial charge in [0.25, 0.3) is 0 Å². The highest BCUT2D eigenvalue weighted by molar-refractivity contribution is 7.91. The summed E-state index contributed by atoms with van der Waals surface area (Å²) in [6.07, 6.45) is 3.65. The maximum atomic E-state index is 11.4. The second-order valence-electron chi connectivity index (χ2n) is 4.11. The van der Waals surface area contributed by atoms with Gasteiger partial charge in [-0.1, -0.05) is 6.92 Å². The molecule has 6 heteroatoms. The van der Waals surface area contributed by atoms with Gasteiger partial charge in [-0.05, 0) is 31.9 Å². The van der Waals surface area contributed by atoms with Crippen LogP contribution < -0.4 is 5.73 Å². The first-order valence-corrected chi connectivity index (χ1v) is 7.74. The predicted octanol–water partition coefficient (Wildman–Crippen LogP) is 0.518. The maximum Gasteiger partial charge on any atom is 0.151 e. The van der Waals surface area contributed by atoms with Crippen LogP contribution in [0.5, 0.6) is 0 Å². The van der Waals surface area contributed by atoms with E-state index in [0.29, 0.717) is 13.1 Å². The molecule has 0 aliphatic heterocycles. The van der Waals surface area contributed by atoms with Crippen molar-refractivity contribution in [2.75, 3.05) is 18.1 Å². The number of aryl methyl sites for hydroxylation is 2. The lowest BCUT2D eigenvalue weighted by atomic mass is 10.1. The molecule has 1 heterocycles. The monoisotopic (exact) mass is 259 g/mol. The van der Waals surface area contributed by atoms with E-state index < -0.39 is 9.84 Å². The van der Waals surface area contributed by atoms with E-state index in [0.717, 1.165) is 24.1 Å². The zero-order valence-electron chi connectivity index (χ0n) is 10.5. The van der Waals surface area contributed by atoms with Crippen molar-refractivity contribution < 1.29 is 8.42 Å². The highest BCUT2D eigenvalue weighted by atomic mass is 32.2. The van der Waals surface area contributed by atoms with Gasteiger partial charge in [0.15, 0.2) is 9.84 Å². The van der Waals surface area contributed by atoms with Crippen LogP contribution in [0.1, 0.15) is 24.6 Å². The normalized spacial score (nSPS) is 11.9. The summed E-state index contributed by atoms with van der Waals surface area (Å²) >= 11 is 0. The first kappa shape index (κ1) is 14.2. The Balaban J connectivity index is 2.64. The lowest BCUT2D eigenvalue weighted by Gasteiger charge is -2.05. The molecule has 0 fully saturated rings. The van der Waals surface area contributed by atoms with Crippen LogP contribution in [0.3, 0.4) is 0 Å². The van der Waals surface area contributed by atoms with Gasteiger partial charge in [-0.25, -0.2) is 8.42 Å². The standard InChI is InChI=1S/C11H21N3O2S/c1-3-17(15,16)8-7-14-10(2)11(9-13-14)5-4-6-12/h9H,3-8,12H2,1-2H3. The molecule has 0 aromatic carbocycles. The van der Waals surface area contributed by atoms with E-state index in [1.54, 1.807) is 11.6 Å². The third-order valence-electron chi connectivity index (χ3n) is 2.91. The molecule has 0 amide bonds. The highest BCUT2D eigenvalue weighted by Crippen LogP contribution is 2.09. The molecule has 1 aromatic heterocycles.